The molecule has 0 fully saturated rings. The first-order chi connectivity index (χ1) is 68.5. The van der Waals surface area contributed by atoms with Gasteiger partial charge in [0.1, 0.15) is 69.5 Å². The Morgan fingerprint density at radius 3 is 1.08 bits per heavy atom. The molecule has 0 aliphatic carbocycles. The third kappa shape index (κ3) is 24.4. The Balaban J connectivity index is 0.000000137. The van der Waals surface area contributed by atoms with Crippen LogP contribution >= 0.6 is 31.9 Å². The van der Waals surface area contributed by atoms with Crippen molar-refractivity contribution in [3.8, 4) is 28.1 Å². The first kappa shape index (κ1) is 101. The minimum atomic E-state index is -4.26. The van der Waals surface area contributed by atoms with Crippen molar-refractivity contribution < 1.29 is 97.2 Å². The third-order valence-electron chi connectivity index (χ3n) is 22.5. The van der Waals surface area contributed by atoms with E-state index in [1.165, 1.54) is 68.8 Å². The molecule has 10 heterocycles. The number of para-hydroxylation sites is 1. The largest absolute Gasteiger partial charge is 0.481 e. The molecular weight excluding hydrogens is 2070 g/mol. The molecule has 0 amide bonds. The molecule has 726 valence electrons. The van der Waals surface area contributed by atoms with Crippen LogP contribution in [0.2, 0.25) is 0 Å². The fraction of sp³-hybridized carbons (Fsp3) is 0.125. The zero-order valence-electron chi connectivity index (χ0n) is 74.9. The summed E-state index contributed by atoms with van der Waals surface area (Å²) in [5.74, 6) is -12.6. The van der Waals surface area contributed by atoms with Gasteiger partial charge in [0.25, 0.3) is 0 Å². The molecule has 10 aromatic heterocycles. The minimum absolute atomic E-state index is 0.0692. The van der Waals surface area contributed by atoms with Gasteiger partial charge in [-0.25, -0.2) is 73.8 Å². The summed E-state index contributed by atoms with van der Waals surface area (Å²) in [5, 5.41) is 10.9. The van der Waals surface area contributed by atoms with E-state index in [1.54, 1.807) is 110 Å². The quantitative estimate of drug-likeness (QED) is 0.0364. The maximum Gasteiger partial charge on any atom is 0.212 e. The highest BCUT2D eigenvalue weighted by molar-refractivity contribution is 9.10. The average molecular weight is 2140 g/mol. The number of ketones is 4. The number of fused-ring (bicyclic) bond motifs is 5. The lowest BCUT2D eigenvalue weighted by Crippen LogP contribution is -2.18. The van der Waals surface area contributed by atoms with Crippen molar-refractivity contribution in [1.82, 2.24) is 53.6 Å². The van der Waals surface area contributed by atoms with Crippen molar-refractivity contribution in [2.75, 3.05) is 30.1 Å². The fourth-order valence-corrected chi connectivity index (χ4v) is 23.1. The Kier molecular flexibility index (Phi) is 30.8. The van der Waals surface area contributed by atoms with Crippen molar-refractivity contribution in [2.45, 2.75) is 71.4 Å². The molecule has 0 saturated carbocycles. The normalized spacial score (nSPS) is 11.7. The Morgan fingerprint density at radius 1 is 0.350 bits per heavy atom. The molecule has 0 atom stereocenters. The van der Waals surface area contributed by atoms with Crippen LogP contribution in [0.15, 0.2) is 338 Å². The molecule has 0 aliphatic rings. The average Bonchev–Trinajstić information content (AvgIpc) is 1.62. The Bertz CT molecular complexity index is 8590. The molecule has 25 nitrogen and oxygen atoms in total. The van der Waals surface area contributed by atoms with Crippen molar-refractivity contribution >= 4 is 149 Å². The van der Waals surface area contributed by atoms with E-state index in [4.69, 9.17) is 9.26 Å². The van der Waals surface area contributed by atoms with Crippen molar-refractivity contribution in [2.24, 2.45) is 0 Å². The van der Waals surface area contributed by atoms with Gasteiger partial charge in [-0.3, -0.25) is 34.1 Å². The third-order valence-corrected chi connectivity index (χ3v) is 30.3. The topological polar surface area (TPSA) is 337 Å². The number of halogens is 10. The summed E-state index contributed by atoms with van der Waals surface area (Å²) in [4.78, 5) is 65.3. The second kappa shape index (κ2) is 43.6. The van der Waals surface area contributed by atoms with Crippen LogP contribution < -0.4 is 4.74 Å². The molecule has 0 saturated heterocycles. The number of methoxy groups -OCH3 is 1. The monoisotopic (exact) mass is 2140 g/mol. The van der Waals surface area contributed by atoms with Gasteiger partial charge in [0.2, 0.25) is 5.88 Å². The van der Waals surface area contributed by atoms with E-state index in [2.05, 4.69) is 67.1 Å². The van der Waals surface area contributed by atoms with Gasteiger partial charge in [0, 0.05) is 163 Å². The molecule has 0 spiro atoms. The van der Waals surface area contributed by atoms with E-state index in [0.29, 0.717) is 63.9 Å². The number of Topliss-reactive ketones (excluding diaryl/α,β-unsaturated/α-hetero) is 4. The molecule has 9 aromatic carbocycles. The van der Waals surface area contributed by atoms with Gasteiger partial charge in [0.05, 0.1) is 94.5 Å². The SMILES string of the molecule is COc1ccc(-c2cccc(Cn3cc(S(=O)(=O)CC(=O)Cc4ccccn4)c4c(F)cc(F)cc43)c2)cn1.O=C(Cc1ccccn1)CS(=O)(=O)c1cn(Cc2cccc(-c3cccnc3)c2)c2cc(F)cc(F)c12.O=C(Cc1cccnn1)CS(=O)(=O)c1cn(Cc2cccc(Br)c2)c2cc(F)cc(F)c12.O=C(Cc1noc2ccccc12)CS(=O)(=O)c1cn(Cc2cccc(Br)c2)c2cc(F)cc(F)c12. The van der Waals surface area contributed by atoms with E-state index >= 15 is 0 Å². The van der Waals surface area contributed by atoms with Crippen LogP contribution in [-0.4, -0.2) is 140 Å². The second-order valence-electron chi connectivity index (χ2n) is 33.0. The number of pyridine rings is 4. The molecule has 0 unspecified atom stereocenters. The number of sulfone groups is 4. The van der Waals surface area contributed by atoms with E-state index < -0.39 is 132 Å². The highest BCUT2D eigenvalue weighted by Crippen LogP contribution is 2.38. The summed E-state index contributed by atoms with van der Waals surface area (Å²) in [6.07, 6.45) is 13.7. The number of hydrogen-bond acceptors (Lipinski definition) is 21. The summed E-state index contributed by atoms with van der Waals surface area (Å²) in [7, 11) is -15.4. The number of aromatic nitrogens is 11. The molecule has 0 aliphatic heterocycles. The molecule has 19 aromatic rings. The molecular formula is C104H77Br2F8N11O14S4. The summed E-state index contributed by atoms with van der Waals surface area (Å²) in [5.41, 5.74) is 8.94. The number of rotatable bonds is 31. The summed E-state index contributed by atoms with van der Waals surface area (Å²) in [6.45, 7) is 0.647. The maximum atomic E-state index is 15.0. The van der Waals surface area contributed by atoms with Gasteiger partial charge in [-0.2, -0.15) is 10.2 Å². The smallest absolute Gasteiger partial charge is 0.212 e. The number of benzene rings is 9. The number of carbonyl (C=O) groups excluding carboxylic acids is 4. The molecule has 0 bridgehead atoms. The molecule has 0 N–H and O–H groups in total. The van der Waals surface area contributed by atoms with Crippen LogP contribution in [0.25, 0.3) is 76.8 Å². The fourth-order valence-electron chi connectivity index (χ4n) is 16.3. The predicted octanol–water partition coefficient (Wildman–Crippen LogP) is 19.6. The highest BCUT2D eigenvalue weighted by atomic mass is 79.9. The standard InChI is InChI=1S/C29H23F2N3O4S.C28H21F2N3O3S.C25H17BrF2N2O4S.C22H16BrF2N3O3S/c1-38-28-9-8-21(15-33-28)20-6-4-5-19(11-20)16-34-17-27(29-25(31)12-22(30)13-26(29)34)39(36,37)18-24(35)14-23-7-2-3-10-32-23;29-22-12-25(30)28-26(13-22)33(16-19-5-3-6-20(11-19)21-7-4-9-31-15-21)17-27(28)37(35,36)18-24(34)14-23-8-1-2-10-32-23;26-16-5-3-4-15(8-16)12-30-13-24(25-20(28)9-17(27)10-22(25)30)35(32,33)14-18(31)11-21-19-6-1-2-7-23(19)34-29-21;23-15-4-1-3-14(7-15)11-28-12-21(22-19(25)8-16(24)9-20(22)28)32(30,31)13-18(29)10-17-5-2-6-26-27-17/h2-13,15,17H,14,16,18H2,1H3;1-13,15,17H,14,16,18H2;1-10,13H,11-12,14H2;1-9,12H,10-11,13H2. The zero-order chi connectivity index (χ0) is 101. The van der Waals surface area contributed by atoms with E-state index in [-0.39, 0.29) is 115 Å². The lowest BCUT2D eigenvalue weighted by atomic mass is 10.0. The first-order valence-electron chi connectivity index (χ1n) is 43.3. The van der Waals surface area contributed by atoms with Crippen LogP contribution in [0.5, 0.6) is 5.88 Å². The predicted molar refractivity (Wildman–Crippen MR) is 526 cm³/mol. The van der Waals surface area contributed by atoms with Crippen LogP contribution in [0.4, 0.5) is 35.1 Å². The van der Waals surface area contributed by atoms with E-state index in [0.717, 1.165) is 77.7 Å². The molecule has 19 rings (SSSR count). The zero-order valence-corrected chi connectivity index (χ0v) is 81.3. The van der Waals surface area contributed by atoms with E-state index in [9.17, 15) is 88.0 Å². The Labute approximate surface area is 828 Å². The number of carbonyl (C=O) groups is 4. The molecule has 143 heavy (non-hydrogen) atoms. The van der Waals surface area contributed by atoms with Gasteiger partial charge in [-0.1, -0.05) is 128 Å². The number of hydrogen-bond donors (Lipinski definition) is 0. The number of nitrogens with zero attached hydrogens (tertiary/aromatic N) is 11. The summed E-state index contributed by atoms with van der Waals surface area (Å²) in [6, 6.07) is 63.8. The van der Waals surface area contributed by atoms with Gasteiger partial charge < -0.3 is 27.5 Å². The maximum absolute atomic E-state index is 15.0. The van der Waals surface area contributed by atoms with E-state index in [1.807, 2.05) is 103 Å². The lowest BCUT2D eigenvalue weighted by Gasteiger charge is -2.09. The van der Waals surface area contributed by atoms with Crippen molar-refractivity contribution in [3.05, 3.63) is 405 Å². The summed E-state index contributed by atoms with van der Waals surface area (Å²) >= 11 is 6.74. The first-order valence-corrected chi connectivity index (χ1v) is 51.5. The van der Waals surface area contributed by atoms with Crippen molar-refractivity contribution in [3.63, 3.8) is 0 Å². The van der Waals surface area contributed by atoms with Gasteiger partial charge in [-0.15, -0.1) is 0 Å². The molecule has 39 heteroatoms. The van der Waals surface area contributed by atoms with Crippen molar-refractivity contribution in [1.29, 1.82) is 0 Å². The summed E-state index contributed by atoms with van der Waals surface area (Å²) < 4.78 is 240. The van der Waals surface area contributed by atoms with Crippen LogP contribution in [0.1, 0.15) is 45.0 Å². The second-order valence-corrected chi connectivity index (χ2v) is 42.6. The lowest BCUT2D eigenvalue weighted by molar-refractivity contribution is -0.117. The van der Waals surface area contributed by atoms with Gasteiger partial charge in [-0.05, 0) is 160 Å². The van der Waals surface area contributed by atoms with Gasteiger partial charge >= 0.3 is 0 Å². The number of ether oxygens (including phenoxy) is 1. The molecule has 0 radical (unpaired) electrons. The Morgan fingerprint density at radius 2 is 0.713 bits per heavy atom. The highest BCUT2D eigenvalue weighted by Gasteiger charge is 2.34. The van der Waals surface area contributed by atoms with Gasteiger partial charge in [0.15, 0.2) is 68.1 Å². The van der Waals surface area contributed by atoms with Crippen LogP contribution in [0.3, 0.4) is 0 Å². The minimum Gasteiger partial charge on any atom is -0.481 e. The van der Waals surface area contributed by atoms with Crippen LogP contribution in [0, 0.1) is 46.5 Å². The van der Waals surface area contributed by atoms with Crippen LogP contribution in [-0.2, 0) is 110 Å². The Hall–Kier alpha value is -15.0.